The van der Waals surface area contributed by atoms with E-state index in [0.29, 0.717) is 12.2 Å². The minimum absolute atomic E-state index is 0.332. The Labute approximate surface area is 86.5 Å². The van der Waals surface area contributed by atoms with E-state index in [2.05, 4.69) is 6.58 Å². The molecule has 0 heterocycles. The van der Waals surface area contributed by atoms with Gasteiger partial charge >= 0.3 is 5.97 Å². The van der Waals surface area contributed by atoms with Crippen LogP contribution in [0.4, 0.5) is 0 Å². The van der Waals surface area contributed by atoms with Gasteiger partial charge in [-0.25, -0.2) is 4.79 Å². The fraction of sp³-hybridized carbons (Fsp3) is 0.500. The molecule has 0 aromatic carbocycles. The summed E-state index contributed by atoms with van der Waals surface area (Å²) in [6, 6.07) is 0. The summed E-state index contributed by atoms with van der Waals surface area (Å²) < 4.78 is 10.3. The molecule has 0 fully saturated rings. The molecule has 0 radical (unpaired) electrons. The van der Waals surface area contributed by atoms with Gasteiger partial charge < -0.3 is 9.16 Å². The molecule has 0 spiro atoms. The molecule has 4 heteroatoms. The van der Waals surface area contributed by atoms with Gasteiger partial charge in [0.25, 0.3) is 8.32 Å². The molecule has 14 heavy (non-hydrogen) atoms. The molecule has 0 aromatic rings. The zero-order chi connectivity index (χ0) is 11.2. The summed E-state index contributed by atoms with van der Waals surface area (Å²) in [4.78, 5) is 11.2. The number of hydrogen-bond acceptors (Lipinski definition) is 3. The van der Waals surface area contributed by atoms with Crippen LogP contribution in [0.2, 0.25) is 13.1 Å². The molecule has 0 bridgehead atoms. The Hall–Kier alpha value is -1.03. The average molecular weight is 214 g/mol. The van der Waals surface area contributed by atoms with Crippen molar-refractivity contribution in [1.82, 2.24) is 0 Å². The van der Waals surface area contributed by atoms with E-state index in [1.54, 1.807) is 13.8 Å². The van der Waals surface area contributed by atoms with Crippen LogP contribution in [0.25, 0.3) is 0 Å². The van der Waals surface area contributed by atoms with E-state index in [0.717, 1.165) is 0 Å². The van der Waals surface area contributed by atoms with E-state index in [-0.39, 0.29) is 5.97 Å². The molecule has 0 atom stereocenters. The van der Waals surface area contributed by atoms with E-state index in [4.69, 9.17) is 9.16 Å². The van der Waals surface area contributed by atoms with E-state index in [1.807, 2.05) is 18.8 Å². The van der Waals surface area contributed by atoms with Gasteiger partial charge in [-0.05, 0) is 26.9 Å². The molecule has 0 aliphatic rings. The second-order valence-corrected chi connectivity index (χ2v) is 7.30. The maximum Gasteiger partial charge on any atom is 0.336 e. The second-order valence-electron chi connectivity index (χ2n) is 3.45. The molecule has 0 N–H and O–H groups in total. The van der Waals surface area contributed by atoms with Crippen LogP contribution in [0.15, 0.2) is 24.1 Å². The number of rotatable bonds is 5. The van der Waals surface area contributed by atoms with Crippen molar-refractivity contribution in [3.05, 3.63) is 24.1 Å². The maximum atomic E-state index is 11.2. The third-order valence-electron chi connectivity index (χ3n) is 1.63. The van der Waals surface area contributed by atoms with E-state index in [9.17, 15) is 4.79 Å². The highest BCUT2D eigenvalue weighted by Crippen LogP contribution is 2.07. The van der Waals surface area contributed by atoms with Crippen LogP contribution in [0.1, 0.15) is 13.8 Å². The van der Waals surface area contributed by atoms with Crippen molar-refractivity contribution in [3.8, 4) is 0 Å². The largest absolute Gasteiger partial charge is 0.545 e. The molecular formula is C10H18O3Si. The maximum absolute atomic E-state index is 11.2. The lowest BCUT2D eigenvalue weighted by Crippen LogP contribution is -2.25. The highest BCUT2D eigenvalue weighted by Gasteiger charge is 2.17. The van der Waals surface area contributed by atoms with Crippen LogP contribution in [0.3, 0.4) is 0 Å². The molecule has 0 amide bonds. The summed E-state index contributed by atoms with van der Waals surface area (Å²) in [5.41, 5.74) is 2.29. The van der Waals surface area contributed by atoms with Gasteiger partial charge in [0.1, 0.15) is 0 Å². The zero-order valence-corrected chi connectivity index (χ0v) is 10.3. The van der Waals surface area contributed by atoms with Crippen LogP contribution in [-0.2, 0) is 14.0 Å². The highest BCUT2D eigenvalue weighted by molar-refractivity contribution is 6.76. The number of hydrogen-bond donors (Lipinski definition) is 0. The van der Waals surface area contributed by atoms with E-state index in [1.165, 1.54) is 6.26 Å². The summed E-state index contributed by atoms with van der Waals surface area (Å²) >= 11 is 0. The molecule has 0 saturated carbocycles. The monoisotopic (exact) mass is 214 g/mol. The topological polar surface area (TPSA) is 35.5 Å². The minimum atomic E-state index is -1.83. The van der Waals surface area contributed by atoms with E-state index < -0.39 is 8.32 Å². The van der Waals surface area contributed by atoms with Gasteiger partial charge in [-0.15, -0.1) is 6.58 Å². The molecule has 0 rings (SSSR count). The van der Waals surface area contributed by atoms with Crippen molar-refractivity contribution >= 4 is 14.3 Å². The first kappa shape index (κ1) is 13.0. The zero-order valence-electron chi connectivity index (χ0n) is 9.29. The summed E-state index contributed by atoms with van der Waals surface area (Å²) in [6.45, 7) is 11.5. The van der Waals surface area contributed by atoms with Gasteiger partial charge in [0.05, 0.1) is 18.4 Å². The fourth-order valence-electron chi connectivity index (χ4n) is 0.581. The highest BCUT2D eigenvalue weighted by atomic mass is 28.4. The molecule has 0 saturated heterocycles. The first-order valence-corrected chi connectivity index (χ1v) is 7.57. The fourth-order valence-corrected chi connectivity index (χ4v) is 1.16. The molecular weight excluding hydrogens is 196 g/mol. The minimum Gasteiger partial charge on any atom is -0.545 e. The third kappa shape index (κ3) is 4.86. The lowest BCUT2D eigenvalue weighted by Gasteiger charge is -2.16. The van der Waals surface area contributed by atoms with Gasteiger partial charge in [0, 0.05) is 0 Å². The number of carbonyl (C=O) groups excluding carboxylic acids is 1. The summed E-state index contributed by atoms with van der Waals surface area (Å²) in [7, 11) is -1.83. The molecule has 0 aliphatic heterocycles. The standard InChI is InChI=1S/C10H18O3Si/c1-6-12-10(11)9(3)8-13-14(4,5)7-2/h7-8H,2,6H2,1,3-5H3/b9-8+. The summed E-state index contributed by atoms with van der Waals surface area (Å²) in [5, 5.41) is 0. The van der Waals surface area contributed by atoms with Crippen molar-refractivity contribution in [1.29, 1.82) is 0 Å². The van der Waals surface area contributed by atoms with Gasteiger partial charge in [-0.3, -0.25) is 0 Å². The Kier molecular flexibility index (Phi) is 5.23. The van der Waals surface area contributed by atoms with Gasteiger partial charge in [-0.2, -0.15) is 0 Å². The van der Waals surface area contributed by atoms with Crippen LogP contribution in [0.5, 0.6) is 0 Å². The third-order valence-corrected chi connectivity index (χ3v) is 3.34. The first-order chi connectivity index (χ1) is 6.43. The SMILES string of the molecule is C=C[Si](C)(C)O/C=C(\C)C(=O)OCC. The lowest BCUT2D eigenvalue weighted by atomic mass is 10.3. The summed E-state index contributed by atoms with van der Waals surface area (Å²) in [6.07, 6.45) is 1.46. The molecule has 3 nitrogen and oxygen atoms in total. The quantitative estimate of drug-likeness (QED) is 0.305. The molecule has 0 aliphatic carbocycles. The van der Waals surface area contributed by atoms with Gasteiger partial charge in [0.2, 0.25) is 0 Å². The predicted octanol–water partition coefficient (Wildman–Crippen LogP) is 2.40. The number of ether oxygens (including phenoxy) is 1. The van der Waals surface area contributed by atoms with E-state index >= 15 is 0 Å². The summed E-state index contributed by atoms with van der Waals surface area (Å²) in [5.74, 6) is -0.332. The van der Waals surface area contributed by atoms with Crippen LogP contribution in [0, 0.1) is 0 Å². The smallest absolute Gasteiger partial charge is 0.336 e. The first-order valence-electron chi connectivity index (χ1n) is 4.58. The van der Waals surface area contributed by atoms with Crippen molar-refractivity contribution < 1.29 is 14.0 Å². The lowest BCUT2D eigenvalue weighted by molar-refractivity contribution is -0.138. The normalized spacial score (nSPS) is 12.1. The average Bonchev–Trinajstić information content (AvgIpc) is 2.15. The number of carbonyl (C=O) groups is 1. The number of esters is 1. The van der Waals surface area contributed by atoms with Crippen molar-refractivity contribution in [2.75, 3.05) is 6.61 Å². The molecule has 0 unspecified atom stereocenters. The van der Waals surface area contributed by atoms with Crippen molar-refractivity contribution in [3.63, 3.8) is 0 Å². The Morgan fingerprint density at radius 1 is 1.50 bits per heavy atom. The Morgan fingerprint density at radius 2 is 2.07 bits per heavy atom. The second kappa shape index (κ2) is 5.65. The van der Waals surface area contributed by atoms with Crippen LogP contribution in [-0.4, -0.2) is 20.9 Å². The molecule has 80 valence electrons. The Balaban J connectivity index is 4.25. The predicted molar refractivity (Wildman–Crippen MR) is 59.2 cm³/mol. The van der Waals surface area contributed by atoms with Gasteiger partial charge in [0.15, 0.2) is 0 Å². The Bertz CT molecular complexity index is 244. The van der Waals surface area contributed by atoms with Crippen LogP contribution < -0.4 is 0 Å². The van der Waals surface area contributed by atoms with Crippen LogP contribution >= 0.6 is 0 Å². The van der Waals surface area contributed by atoms with Crippen molar-refractivity contribution in [2.24, 2.45) is 0 Å². The Morgan fingerprint density at radius 3 is 2.50 bits per heavy atom. The van der Waals surface area contributed by atoms with Gasteiger partial charge in [-0.1, -0.05) is 5.70 Å². The van der Waals surface area contributed by atoms with Crippen molar-refractivity contribution in [2.45, 2.75) is 26.9 Å². The molecule has 0 aromatic heterocycles.